The molecule has 17 heavy (non-hydrogen) atoms. The molecule has 2 N–H and O–H groups in total. The van der Waals surface area contributed by atoms with Crippen molar-refractivity contribution < 1.29 is 14.0 Å². The Bertz CT molecular complexity index is 536. The summed E-state index contributed by atoms with van der Waals surface area (Å²) >= 11 is 0. The molecule has 3 rings (SSSR count). The fraction of sp³-hybridized carbons (Fsp3) is 0.333. The van der Waals surface area contributed by atoms with Crippen LogP contribution in [0.15, 0.2) is 12.1 Å². The number of nitrogens with zero attached hydrogens (tertiary/aromatic N) is 1. The van der Waals surface area contributed by atoms with Crippen molar-refractivity contribution in [2.45, 2.75) is 13.3 Å². The van der Waals surface area contributed by atoms with E-state index in [2.05, 4.69) is 0 Å². The van der Waals surface area contributed by atoms with Crippen molar-refractivity contribution in [2.24, 2.45) is 11.8 Å². The molecule has 0 spiro atoms. The number of fused-ring (bicyclic) bond motifs is 1. The summed E-state index contributed by atoms with van der Waals surface area (Å²) in [6, 6.07) is 2.61. The highest BCUT2D eigenvalue weighted by Crippen LogP contribution is 2.49. The molecule has 1 aliphatic carbocycles. The summed E-state index contributed by atoms with van der Waals surface area (Å²) in [5.74, 6) is -1.65. The number of carbonyl (C=O) groups excluding carboxylic acids is 2. The average Bonchev–Trinajstić information content (AvgIpc) is 3.03. The number of amides is 2. The standard InChI is InChI=1S/C12H11FN2O2/c1-5-9(14)3-2-8(13)10(5)15-11(16)6-4-7(6)12(15)17/h2-3,6-7H,4,14H2,1H3. The van der Waals surface area contributed by atoms with Crippen LogP contribution in [0.3, 0.4) is 0 Å². The normalized spacial score (nSPS) is 26.4. The maximum atomic E-state index is 13.8. The summed E-state index contributed by atoms with van der Waals surface area (Å²) in [6.45, 7) is 1.61. The molecule has 2 aliphatic rings. The van der Waals surface area contributed by atoms with Gasteiger partial charge in [-0.25, -0.2) is 9.29 Å². The van der Waals surface area contributed by atoms with Crippen molar-refractivity contribution >= 4 is 23.2 Å². The van der Waals surface area contributed by atoms with Crippen molar-refractivity contribution in [3.8, 4) is 0 Å². The Labute approximate surface area is 97.2 Å². The molecule has 1 saturated heterocycles. The number of piperidine rings is 1. The van der Waals surface area contributed by atoms with Crippen molar-refractivity contribution in [3.05, 3.63) is 23.5 Å². The summed E-state index contributed by atoms with van der Waals surface area (Å²) in [7, 11) is 0. The molecule has 1 aromatic carbocycles. The average molecular weight is 234 g/mol. The van der Waals surface area contributed by atoms with Crippen molar-refractivity contribution in [1.82, 2.24) is 0 Å². The lowest BCUT2D eigenvalue weighted by Gasteiger charge is -2.20. The summed E-state index contributed by atoms with van der Waals surface area (Å²) in [6.07, 6.45) is 0.608. The molecule has 0 radical (unpaired) electrons. The molecule has 1 heterocycles. The first-order valence-electron chi connectivity index (χ1n) is 5.44. The Morgan fingerprint density at radius 2 is 1.88 bits per heavy atom. The minimum absolute atomic E-state index is 0.0206. The van der Waals surface area contributed by atoms with E-state index in [1.165, 1.54) is 12.1 Å². The molecular weight excluding hydrogens is 223 g/mol. The van der Waals surface area contributed by atoms with Gasteiger partial charge in [0.05, 0.1) is 17.5 Å². The van der Waals surface area contributed by atoms with Gasteiger partial charge in [0.2, 0.25) is 11.8 Å². The van der Waals surface area contributed by atoms with Gasteiger partial charge in [-0.2, -0.15) is 0 Å². The zero-order valence-corrected chi connectivity index (χ0v) is 9.24. The summed E-state index contributed by atoms with van der Waals surface area (Å²) in [5.41, 5.74) is 6.51. The minimum Gasteiger partial charge on any atom is -0.398 e. The minimum atomic E-state index is -0.584. The molecule has 0 aromatic heterocycles. The molecule has 1 saturated carbocycles. The molecule has 88 valence electrons. The highest BCUT2D eigenvalue weighted by molar-refractivity contribution is 6.25. The third kappa shape index (κ3) is 1.22. The van der Waals surface area contributed by atoms with Gasteiger partial charge in [0, 0.05) is 5.69 Å². The molecule has 5 heteroatoms. The number of imide groups is 1. The van der Waals surface area contributed by atoms with E-state index in [9.17, 15) is 14.0 Å². The summed E-state index contributed by atoms with van der Waals surface area (Å²) < 4.78 is 13.8. The van der Waals surface area contributed by atoms with E-state index in [0.717, 1.165) is 4.90 Å². The van der Waals surface area contributed by atoms with Gasteiger partial charge < -0.3 is 5.73 Å². The number of rotatable bonds is 1. The first-order valence-corrected chi connectivity index (χ1v) is 5.44. The van der Waals surface area contributed by atoms with E-state index < -0.39 is 5.82 Å². The Morgan fingerprint density at radius 1 is 1.29 bits per heavy atom. The second kappa shape index (κ2) is 3.06. The fourth-order valence-corrected chi connectivity index (χ4v) is 2.36. The largest absolute Gasteiger partial charge is 0.398 e. The first-order chi connectivity index (χ1) is 8.02. The molecule has 2 unspecified atom stereocenters. The number of hydrogen-bond acceptors (Lipinski definition) is 3. The van der Waals surface area contributed by atoms with E-state index in [1.807, 2.05) is 0 Å². The highest BCUT2D eigenvalue weighted by Gasteiger charge is 2.59. The van der Waals surface area contributed by atoms with Crippen LogP contribution >= 0.6 is 0 Å². The van der Waals surface area contributed by atoms with Gasteiger partial charge in [-0.15, -0.1) is 0 Å². The number of anilines is 2. The Hall–Kier alpha value is -1.91. The van der Waals surface area contributed by atoms with Crippen LogP contribution < -0.4 is 10.6 Å². The molecule has 2 atom stereocenters. The van der Waals surface area contributed by atoms with E-state index in [4.69, 9.17) is 5.73 Å². The van der Waals surface area contributed by atoms with Crippen LogP contribution in [-0.4, -0.2) is 11.8 Å². The summed E-state index contributed by atoms with van der Waals surface area (Å²) in [5, 5.41) is 0. The lowest BCUT2D eigenvalue weighted by Crippen LogP contribution is -2.34. The van der Waals surface area contributed by atoms with Crippen LogP contribution in [0.2, 0.25) is 0 Å². The van der Waals surface area contributed by atoms with Crippen LogP contribution in [0.1, 0.15) is 12.0 Å². The van der Waals surface area contributed by atoms with Crippen LogP contribution in [0.25, 0.3) is 0 Å². The maximum absolute atomic E-state index is 13.8. The fourth-order valence-electron chi connectivity index (χ4n) is 2.36. The summed E-state index contributed by atoms with van der Waals surface area (Å²) in [4.78, 5) is 24.7. The van der Waals surface area contributed by atoms with Gasteiger partial charge in [0.1, 0.15) is 5.82 Å². The van der Waals surface area contributed by atoms with Crippen LogP contribution in [0.4, 0.5) is 15.8 Å². The topological polar surface area (TPSA) is 63.4 Å². The maximum Gasteiger partial charge on any atom is 0.237 e. The number of nitrogens with two attached hydrogens (primary N) is 1. The van der Waals surface area contributed by atoms with Gasteiger partial charge >= 0.3 is 0 Å². The molecule has 1 aromatic rings. The lowest BCUT2D eigenvalue weighted by atomic mass is 10.1. The molecule has 0 bridgehead atoms. The first kappa shape index (κ1) is 10.3. The van der Waals surface area contributed by atoms with Gasteiger partial charge in [-0.1, -0.05) is 0 Å². The highest BCUT2D eigenvalue weighted by atomic mass is 19.1. The Morgan fingerprint density at radius 3 is 2.47 bits per heavy atom. The van der Waals surface area contributed by atoms with Crippen molar-refractivity contribution in [2.75, 3.05) is 10.6 Å². The van der Waals surface area contributed by atoms with Gasteiger partial charge in [-0.05, 0) is 31.0 Å². The zero-order chi connectivity index (χ0) is 12.3. The predicted octanol–water partition coefficient (Wildman–Crippen LogP) is 1.23. The number of benzene rings is 1. The van der Waals surface area contributed by atoms with E-state index in [1.54, 1.807) is 6.92 Å². The van der Waals surface area contributed by atoms with Gasteiger partial charge in [0.15, 0.2) is 0 Å². The quantitative estimate of drug-likeness (QED) is 0.587. The van der Waals surface area contributed by atoms with Gasteiger partial charge in [-0.3, -0.25) is 9.59 Å². The van der Waals surface area contributed by atoms with Crippen molar-refractivity contribution in [1.29, 1.82) is 0 Å². The van der Waals surface area contributed by atoms with E-state index in [0.29, 0.717) is 17.7 Å². The van der Waals surface area contributed by atoms with E-state index >= 15 is 0 Å². The van der Waals surface area contributed by atoms with E-state index in [-0.39, 0.29) is 29.3 Å². The zero-order valence-electron chi connectivity index (χ0n) is 9.24. The second-order valence-electron chi connectivity index (χ2n) is 4.57. The molecule has 2 amide bonds. The van der Waals surface area contributed by atoms with Crippen LogP contribution in [-0.2, 0) is 9.59 Å². The molecular formula is C12H11FN2O2. The Balaban J connectivity index is 2.14. The second-order valence-corrected chi connectivity index (χ2v) is 4.57. The molecule has 4 nitrogen and oxygen atoms in total. The van der Waals surface area contributed by atoms with Crippen LogP contribution in [0, 0.1) is 24.6 Å². The third-order valence-corrected chi connectivity index (χ3v) is 3.51. The predicted molar refractivity (Wildman–Crippen MR) is 59.6 cm³/mol. The number of halogens is 1. The SMILES string of the molecule is Cc1c(N)ccc(F)c1N1C(=O)C2CC2C1=O. The lowest BCUT2D eigenvalue weighted by molar-refractivity contribution is -0.123. The number of carbonyl (C=O) groups is 2. The van der Waals surface area contributed by atoms with Crippen molar-refractivity contribution in [3.63, 3.8) is 0 Å². The van der Waals surface area contributed by atoms with Crippen LogP contribution in [0.5, 0.6) is 0 Å². The number of nitrogen functional groups attached to an aromatic ring is 1. The number of hydrogen-bond donors (Lipinski definition) is 1. The van der Waals surface area contributed by atoms with Gasteiger partial charge in [0.25, 0.3) is 0 Å². The third-order valence-electron chi connectivity index (χ3n) is 3.51. The monoisotopic (exact) mass is 234 g/mol. The molecule has 2 fully saturated rings. The smallest absolute Gasteiger partial charge is 0.237 e. The Kier molecular flexibility index (Phi) is 1.85. The molecule has 1 aliphatic heterocycles.